The van der Waals surface area contributed by atoms with Crippen molar-refractivity contribution in [2.24, 2.45) is 11.1 Å². The van der Waals surface area contributed by atoms with E-state index >= 15 is 0 Å². The molecule has 2 unspecified atom stereocenters. The highest BCUT2D eigenvalue weighted by Crippen LogP contribution is 2.34. The monoisotopic (exact) mass is 282 g/mol. The maximum atomic E-state index is 6.23. The Labute approximate surface area is 123 Å². The van der Waals surface area contributed by atoms with E-state index in [0.717, 1.165) is 25.9 Å². The molecular formula is C16H27ClN2. The van der Waals surface area contributed by atoms with E-state index in [1.165, 1.54) is 5.56 Å². The summed E-state index contributed by atoms with van der Waals surface area (Å²) in [6, 6.07) is 11.7. The van der Waals surface area contributed by atoms with Crippen molar-refractivity contribution in [2.45, 2.75) is 45.7 Å². The van der Waals surface area contributed by atoms with Crippen LogP contribution in [0.1, 0.15) is 45.2 Å². The summed E-state index contributed by atoms with van der Waals surface area (Å²) < 4.78 is 0. The van der Waals surface area contributed by atoms with Crippen LogP contribution >= 0.6 is 12.4 Å². The highest BCUT2D eigenvalue weighted by molar-refractivity contribution is 5.85. The van der Waals surface area contributed by atoms with Crippen LogP contribution in [-0.4, -0.2) is 24.0 Å². The molecule has 1 aromatic carbocycles. The first-order valence-corrected chi connectivity index (χ1v) is 7.09. The van der Waals surface area contributed by atoms with Gasteiger partial charge in [0, 0.05) is 25.2 Å². The van der Waals surface area contributed by atoms with E-state index < -0.39 is 0 Å². The van der Waals surface area contributed by atoms with Crippen molar-refractivity contribution in [1.82, 2.24) is 4.90 Å². The molecule has 1 aliphatic rings. The minimum absolute atomic E-state index is 0. The van der Waals surface area contributed by atoms with E-state index in [4.69, 9.17) is 5.73 Å². The van der Waals surface area contributed by atoms with Crippen molar-refractivity contribution >= 4 is 12.4 Å². The molecule has 0 amide bonds. The molecule has 0 aliphatic carbocycles. The summed E-state index contributed by atoms with van der Waals surface area (Å²) in [5.41, 5.74) is 7.89. The zero-order valence-electron chi connectivity index (χ0n) is 12.3. The average Bonchev–Trinajstić information content (AvgIpc) is 2.36. The number of hydrogen-bond donors (Lipinski definition) is 1. The normalized spacial score (nSPS) is 24.5. The van der Waals surface area contributed by atoms with E-state index in [2.05, 4.69) is 56.0 Å². The third-order valence-electron chi connectivity index (χ3n) is 4.35. The maximum Gasteiger partial charge on any atom is 0.0345 e. The van der Waals surface area contributed by atoms with Crippen molar-refractivity contribution in [3.8, 4) is 0 Å². The quantitative estimate of drug-likeness (QED) is 0.917. The summed E-state index contributed by atoms with van der Waals surface area (Å²) >= 11 is 0. The van der Waals surface area contributed by atoms with Gasteiger partial charge in [0.25, 0.3) is 0 Å². The first kappa shape index (κ1) is 16.5. The van der Waals surface area contributed by atoms with Crippen molar-refractivity contribution in [1.29, 1.82) is 0 Å². The second-order valence-electron chi connectivity index (χ2n) is 6.19. The van der Waals surface area contributed by atoms with E-state index in [1.807, 2.05) is 0 Å². The van der Waals surface area contributed by atoms with Crippen molar-refractivity contribution in [3.05, 3.63) is 35.9 Å². The van der Waals surface area contributed by atoms with Crippen LogP contribution in [0.4, 0.5) is 0 Å². The molecule has 2 rings (SSSR count). The van der Waals surface area contributed by atoms with E-state index in [9.17, 15) is 0 Å². The Morgan fingerprint density at radius 2 is 1.95 bits per heavy atom. The fourth-order valence-corrected chi connectivity index (χ4v) is 3.06. The Balaban J connectivity index is 0.00000180. The fourth-order valence-electron chi connectivity index (χ4n) is 3.06. The Kier molecular flexibility index (Phi) is 5.84. The lowest BCUT2D eigenvalue weighted by molar-refractivity contribution is 0.0588. The summed E-state index contributed by atoms with van der Waals surface area (Å²) in [7, 11) is 0. The van der Waals surface area contributed by atoms with Gasteiger partial charge in [0.1, 0.15) is 0 Å². The third-order valence-corrected chi connectivity index (χ3v) is 4.35. The predicted octanol–water partition coefficient (Wildman–Crippen LogP) is 3.62. The average molecular weight is 283 g/mol. The summed E-state index contributed by atoms with van der Waals surface area (Å²) in [6.45, 7) is 9.09. The maximum absolute atomic E-state index is 6.23. The first-order chi connectivity index (χ1) is 8.54. The lowest BCUT2D eigenvalue weighted by atomic mass is 9.78. The molecule has 1 heterocycles. The Bertz CT molecular complexity index is 378. The third kappa shape index (κ3) is 3.71. The molecule has 0 bridgehead atoms. The molecular weight excluding hydrogens is 256 g/mol. The standard InChI is InChI=1S/C16H26N2.ClH/c1-4-14(13-8-6-5-7-9-13)18-11-10-15(17)16(2,3)12-18;/h5-9,14-15H,4,10-12,17H2,1-3H3;1H. The molecule has 2 nitrogen and oxygen atoms in total. The smallest absolute Gasteiger partial charge is 0.0345 e. The molecule has 0 saturated carbocycles. The van der Waals surface area contributed by atoms with E-state index in [-0.39, 0.29) is 17.8 Å². The number of rotatable bonds is 3. The van der Waals surface area contributed by atoms with Crippen LogP contribution in [0.3, 0.4) is 0 Å². The Hall–Kier alpha value is -0.570. The lowest BCUT2D eigenvalue weighted by Crippen LogP contribution is -2.53. The van der Waals surface area contributed by atoms with Gasteiger partial charge in [-0.2, -0.15) is 0 Å². The number of nitrogens with zero attached hydrogens (tertiary/aromatic N) is 1. The molecule has 0 aromatic heterocycles. The summed E-state index contributed by atoms with van der Waals surface area (Å²) in [5, 5.41) is 0. The molecule has 19 heavy (non-hydrogen) atoms. The van der Waals surface area contributed by atoms with E-state index in [1.54, 1.807) is 0 Å². The summed E-state index contributed by atoms with van der Waals surface area (Å²) in [4.78, 5) is 2.61. The molecule has 1 aromatic rings. The first-order valence-electron chi connectivity index (χ1n) is 7.09. The summed E-state index contributed by atoms with van der Waals surface area (Å²) in [5.74, 6) is 0. The lowest BCUT2D eigenvalue weighted by Gasteiger charge is -2.45. The number of benzene rings is 1. The van der Waals surface area contributed by atoms with Crippen molar-refractivity contribution < 1.29 is 0 Å². The zero-order valence-corrected chi connectivity index (χ0v) is 13.1. The second-order valence-corrected chi connectivity index (χ2v) is 6.19. The molecule has 1 saturated heterocycles. The number of piperidine rings is 1. The highest BCUT2D eigenvalue weighted by Gasteiger charge is 2.35. The second kappa shape index (κ2) is 6.74. The van der Waals surface area contributed by atoms with Gasteiger partial charge in [0.2, 0.25) is 0 Å². The molecule has 2 atom stereocenters. The van der Waals surface area contributed by atoms with Crippen molar-refractivity contribution in [2.75, 3.05) is 13.1 Å². The number of hydrogen-bond acceptors (Lipinski definition) is 2. The topological polar surface area (TPSA) is 29.3 Å². The molecule has 1 fully saturated rings. The minimum Gasteiger partial charge on any atom is -0.327 e. The molecule has 2 N–H and O–H groups in total. The molecule has 3 heteroatoms. The van der Waals surface area contributed by atoms with Gasteiger partial charge >= 0.3 is 0 Å². The van der Waals surface area contributed by atoms with Gasteiger partial charge in [-0.05, 0) is 23.8 Å². The predicted molar refractivity (Wildman–Crippen MR) is 84.7 cm³/mol. The van der Waals surface area contributed by atoms with Crippen molar-refractivity contribution in [3.63, 3.8) is 0 Å². The minimum atomic E-state index is 0. The van der Waals surface area contributed by atoms with Crippen LogP contribution in [0, 0.1) is 5.41 Å². The Morgan fingerprint density at radius 1 is 1.32 bits per heavy atom. The van der Waals surface area contributed by atoms with Crippen LogP contribution in [0.5, 0.6) is 0 Å². The van der Waals surface area contributed by atoms with Gasteiger partial charge in [0.15, 0.2) is 0 Å². The van der Waals surface area contributed by atoms with Crippen LogP contribution in [-0.2, 0) is 0 Å². The number of nitrogens with two attached hydrogens (primary N) is 1. The molecule has 108 valence electrons. The van der Waals surface area contributed by atoms with Gasteiger partial charge in [0.05, 0.1) is 0 Å². The number of halogens is 1. The fraction of sp³-hybridized carbons (Fsp3) is 0.625. The highest BCUT2D eigenvalue weighted by atomic mass is 35.5. The zero-order chi connectivity index (χ0) is 13.2. The van der Waals surface area contributed by atoms with Crippen LogP contribution in [0.2, 0.25) is 0 Å². The van der Waals surface area contributed by atoms with Gasteiger partial charge < -0.3 is 5.73 Å². The number of likely N-dealkylation sites (tertiary alicyclic amines) is 1. The van der Waals surface area contributed by atoms with Gasteiger partial charge in [-0.25, -0.2) is 0 Å². The SMILES string of the molecule is CCC(c1ccccc1)N1CCC(N)C(C)(C)C1.Cl. The van der Waals surface area contributed by atoms with Crippen LogP contribution < -0.4 is 5.73 Å². The summed E-state index contributed by atoms with van der Waals surface area (Å²) in [6.07, 6.45) is 2.27. The van der Waals surface area contributed by atoms with Crippen LogP contribution in [0.15, 0.2) is 30.3 Å². The van der Waals surface area contributed by atoms with E-state index in [0.29, 0.717) is 12.1 Å². The van der Waals surface area contributed by atoms with Gasteiger partial charge in [-0.3, -0.25) is 4.90 Å². The molecule has 0 spiro atoms. The van der Waals surface area contributed by atoms with Gasteiger partial charge in [-0.1, -0.05) is 51.1 Å². The Morgan fingerprint density at radius 3 is 2.47 bits per heavy atom. The molecule has 1 aliphatic heterocycles. The molecule has 0 radical (unpaired) electrons. The van der Waals surface area contributed by atoms with Crippen LogP contribution in [0.25, 0.3) is 0 Å². The largest absolute Gasteiger partial charge is 0.327 e. The van der Waals surface area contributed by atoms with Gasteiger partial charge in [-0.15, -0.1) is 12.4 Å².